The number of hydrogen-bond acceptors (Lipinski definition) is 1. The van der Waals surface area contributed by atoms with Crippen molar-refractivity contribution in [3.05, 3.63) is 71.3 Å². The second-order valence-electron chi connectivity index (χ2n) is 5.23. The summed E-state index contributed by atoms with van der Waals surface area (Å²) in [4.78, 5) is 12.7. The molecule has 0 unspecified atom stereocenters. The van der Waals surface area contributed by atoms with E-state index in [9.17, 15) is 13.6 Å². The lowest BCUT2D eigenvalue weighted by Gasteiger charge is -2.41. The van der Waals surface area contributed by atoms with Crippen LogP contribution in [-0.2, 0) is 5.41 Å². The molecule has 3 rings (SSSR count). The summed E-state index contributed by atoms with van der Waals surface area (Å²) in [5.74, 6) is -2.00. The average molecular weight is 272 g/mol. The van der Waals surface area contributed by atoms with Crippen LogP contribution in [-0.4, -0.2) is 5.78 Å². The highest BCUT2D eigenvalue weighted by atomic mass is 19.1. The minimum atomic E-state index is -0.780. The Bertz CT molecular complexity index is 625. The molecule has 1 aliphatic carbocycles. The minimum absolute atomic E-state index is 0.406. The van der Waals surface area contributed by atoms with E-state index in [1.54, 1.807) is 0 Å². The zero-order chi connectivity index (χ0) is 14.2. The third-order valence-corrected chi connectivity index (χ3v) is 4.16. The van der Waals surface area contributed by atoms with E-state index in [4.69, 9.17) is 0 Å². The monoisotopic (exact) mass is 272 g/mol. The minimum Gasteiger partial charge on any atom is -0.293 e. The van der Waals surface area contributed by atoms with E-state index in [2.05, 4.69) is 0 Å². The zero-order valence-corrected chi connectivity index (χ0v) is 10.9. The standard InChI is InChI=1S/C17H14F2O/c18-13-8-4-9-14(19)15(13)16(20)17(10-5-11-17)12-6-2-1-3-7-12/h1-4,6-9H,5,10-11H2. The number of Topliss-reactive ketones (excluding diaryl/α,β-unsaturated/α-hetero) is 1. The molecule has 0 aliphatic heterocycles. The third-order valence-electron chi connectivity index (χ3n) is 4.16. The van der Waals surface area contributed by atoms with Gasteiger partial charge in [-0.3, -0.25) is 4.79 Å². The Labute approximate surface area is 116 Å². The van der Waals surface area contributed by atoms with Gasteiger partial charge in [0.15, 0.2) is 5.78 Å². The second-order valence-corrected chi connectivity index (χ2v) is 5.23. The van der Waals surface area contributed by atoms with Crippen LogP contribution in [0.15, 0.2) is 48.5 Å². The van der Waals surface area contributed by atoms with Gasteiger partial charge in [-0.1, -0.05) is 42.8 Å². The SMILES string of the molecule is O=C(c1c(F)cccc1F)C1(c2ccccc2)CCC1. The van der Waals surface area contributed by atoms with E-state index in [1.807, 2.05) is 30.3 Å². The van der Waals surface area contributed by atoms with Gasteiger partial charge in [0.1, 0.15) is 11.6 Å². The van der Waals surface area contributed by atoms with Gasteiger partial charge in [-0.15, -0.1) is 0 Å². The van der Waals surface area contributed by atoms with E-state index in [-0.39, 0.29) is 0 Å². The summed E-state index contributed by atoms with van der Waals surface area (Å²) < 4.78 is 27.7. The predicted molar refractivity (Wildman–Crippen MR) is 72.7 cm³/mol. The normalized spacial score (nSPS) is 16.5. The molecule has 0 heterocycles. The average Bonchev–Trinajstić information content (AvgIpc) is 2.38. The summed E-state index contributed by atoms with van der Waals surface area (Å²) in [5.41, 5.74) is -0.320. The highest BCUT2D eigenvalue weighted by molar-refractivity contribution is 6.05. The van der Waals surface area contributed by atoms with Crippen LogP contribution in [0, 0.1) is 11.6 Å². The molecular formula is C17H14F2O. The Morgan fingerprint density at radius 3 is 2.00 bits per heavy atom. The molecule has 1 saturated carbocycles. The van der Waals surface area contributed by atoms with E-state index in [0.29, 0.717) is 12.8 Å². The molecule has 2 aromatic rings. The van der Waals surface area contributed by atoms with Crippen LogP contribution in [0.1, 0.15) is 35.2 Å². The van der Waals surface area contributed by atoms with Gasteiger partial charge in [0.05, 0.1) is 11.0 Å². The molecule has 3 heteroatoms. The van der Waals surface area contributed by atoms with Crippen molar-refractivity contribution in [2.75, 3.05) is 0 Å². The molecule has 0 amide bonds. The highest BCUT2D eigenvalue weighted by Gasteiger charge is 2.47. The van der Waals surface area contributed by atoms with E-state index >= 15 is 0 Å². The topological polar surface area (TPSA) is 17.1 Å². The van der Waals surface area contributed by atoms with Crippen LogP contribution in [0.5, 0.6) is 0 Å². The van der Waals surface area contributed by atoms with Gasteiger partial charge in [-0.2, -0.15) is 0 Å². The third kappa shape index (κ3) is 1.85. The van der Waals surface area contributed by atoms with Crippen LogP contribution in [0.2, 0.25) is 0 Å². The van der Waals surface area contributed by atoms with Crippen LogP contribution in [0.3, 0.4) is 0 Å². The largest absolute Gasteiger partial charge is 0.293 e. The van der Waals surface area contributed by atoms with Gasteiger partial charge in [-0.05, 0) is 30.5 Å². The lowest BCUT2D eigenvalue weighted by Crippen LogP contribution is -2.43. The first kappa shape index (κ1) is 13.0. The van der Waals surface area contributed by atoms with Crippen LogP contribution >= 0.6 is 0 Å². The number of halogens is 2. The molecule has 0 spiro atoms. The quantitative estimate of drug-likeness (QED) is 0.763. The van der Waals surface area contributed by atoms with Gasteiger partial charge in [0.2, 0.25) is 0 Å². The summed E-state index contributed by atoms with van der Waals surface area (Å²) in [5, 5.41) is 0. The molecular weight excluding hydrogens is 258 g/mol. The fraction of sp³-hybridized carbons (Fsp3) is 0.235. The fourth-order valence-electron chi connectivity index (χ4n) is 2.89. The smallest absolute Gasteiger partial charge is 0.179 e. The Kier molecular flexibility index (Phi) is 3.13. The van der Waals surface area contributed by atoms with Crippen molar-refractivity contribution in [2.45, 2.75) is 24.7 Å². The second kappa shape index (κ2) is 4.82. The molecule has 1 nitrogen and oxygen atoms in total. The Hall–Kier alpha value is -2.03. The van der Waals surface area contributed by atoms with Crippen LogP contribution in [0.4, 0.5) is 8.78 Å². The Morgan fingerprint density at radius 2 is 1.50 bits per heavy atom. The molecule has 0 radical (unpaired) electrons. The van der Waals surface area contributed by atoms with Gasteiger partial charge in [0.25, 0.3) is 0 Å². The van der Waals surface area contributed by atoms with E-state index < -0.39 is 28.4 Å². The van der Waals surface area contributed by atoms with Gasteiger partial charge < -0.3 is 0 Å². The maximum Gasteiger partial charge on any atom is 0.179 e. The number of rotatable bonds is 3. The number of ketones is 1. The molecule has 1 fully saturated rings. The number of carbonyl (C=O) groups is 1. The molecule has 0 saturated heterocycles. The molecule has 2 aromatic carbocycles. The van der Waals surface area contributed by atoms with Crippen molar-refractivity contribution < 1.29 is 13.6 Å². The van der Waals surface area contributed by atoms with Crippen molar-refractivity contribution in [2.24, 2.45) is 0 Å². The molecule has 0 atom stereocenters. The first-order valence-electron chi connectivity index (χ1n) is 6.69. The molecule has 0 bridgehead atoms. The van der Waals surface area contributed by atoms with Crippen molar-refractivity contribution >= 4 is 5.78 Å². The lowest BCUT2D eigenvalue weighted by atomic mass is 9.60. The molecule has 102 valence electrons. The molecule has 0 N–H and O–H groups in total. The lowest BCUT2D eigenvalue weighted by molar-refractivity contribution is 0.0779. The van der Waals surface area contributed by atoms with Crippen LogP contribution in [0.25, 0.3) is 0 Å². The van der Waals surface area contributed by atoms with Gasteiger partial charge >= 0.3 is 0 Å². The first-order valence-corrected chi connectivity index (χ1v) is 6.69. The first-order chi connectivity index (χ1) is 9.65. The molecule has 0 aromatic heterocycles. The fourth-order valence-corrected chi connectivity index (χ4v) is 2.89. The molecule has 20 heavy (non-hydrogen) atoms. The van der Waals surface area contributed by atoms with Gasteiger partial charge in [0, 0.05) is 0 Å². The zero-order valence-electron chi connectivity index (χ0n) is 10.9. The number of benzene rings is 2. The summed E-state index contributed by atoms with van der Waals surface area (Å²) in [6.45, 7) is 0. The predicted octanol–water partition coefficient (Wildman–Crippen LogP) is 4.27. The Balaban J connectivity index is 2.09. The highest BCUT2D eigenvalue weighted by Crippen LogP contribution is 2.46. The van der Waals surface area contributed by atoms with E-state index in [0.717, 1.165) is 24.1 Å². The van der Waals surface area contributed by atoms with Gasteiger partial charge in [-0.25, -0.2) is 8.78 Å². The van der Waals surface area contributed by atoms with E-state index in [1.165, 1.54) is 6.07 Å². The van der Waals surface area contributed by atoms with Crippen molar-refractivity contribution in [3.63, 3.8) is 0 Å². The van der Waals surface area contributed by atoms with Crippen molar-refractivity contribution in [1.82, 2.24) is 0 Å². The summed E-state index contributed by atoms with van der Waals surface area (Å²) in [6, 6.07) is 12.8. The number of carbonyl (C=O) groups excluding carboxylic acids is 1. The van der Waals surface area contributed by atoms with Crippen molar-refractivity contribution in [1.29, 1.82) is 0 Å². The maximum atomic E-state index is 13.8. The summed E-state index contributed by atoms with van der Waals surface area (Å²) in [7, 11) is 0. The summed E-state index contributed by atoms with van der Waals surface area (Å²) >= 11 is 0. The molecule has 1 aliphatic rings. The number of hydrogen-bond donors (Lipinski definition) is 0. The van der Waals surface area contributed by atoms with Crippen molar-refractivity contribution in [3.8, 4) is 0 Å². The Morgan fingerprint density at radius 1 is 0.900 bits per heavy atom. The summed E-state index contributed by atoms with van der Waals surface area (Å²) in [6.07, 6.45) is 2.18. The van der Waals surface area contributed by atoms with Crippen LogP contribution < -0.4 is 0 Å². The maximum absolute atomic E-state index is 13.8.